The summed E-state index contributed by atoms with van der Waals surface area (Å²) >= 11 is 0. The lowest BCUT2D eigenvalue weighted by atomic mass is 9.96. The van der Waals surface area contributed by atoms with Crippen LogP contribution in [0.2, 0.25) is 0 Å². The van der Waals surface area contributed by atoms with Gasteiger partial charge in [0.15, 0.2) is 0 Å². The van der Waals surface area contributed by atoms with Gasteiger partial charge in [0.05, 0.1) is 6.10 Å². The minimum atomic E-state index is -1.08. The molecule has 2 unspecified atom stereocenters. The zero-order valence-corrected chi connectivity index (χ0v) is 9.57. The van der Waals surface area contributed by atoms with E-state index in [4.69, 9.17) is 10.8 Å². The lowest BCUT2D eigenvalue weighted by Crippen LogP contribution is -2.30. The predicted octanol–water partition coefficient (Wildman–Crippen LogP) is 1.19. The van der Waals surface area contributed by atoms with Gasteiger partial charge in [-0.2, -0.15) is 0 Å². The first-order chi connectivity index (χ1) is 7.47. The number of hydrogen-bond donors (Lipinski definition) is 3. The van der Waals surface area contributed by atoms with Crippen molar-refractivity contribution in [3.8, 4) is 0 Å². The number of nitrogens with two attached hydrogens (primary N) is 1. The molecule has 2 atom stereocenters. The quantitative estimate of drug-likeness (QED) is 0.723. The van der Waals surface area contributed by atoms with Crippen LogP contribution < -0.4 is 5.73 Å². The highest BCUT2D eigenvalue weighted by Crippen LogP contribution is 2.23. The van der Waals surface area contributed by atoms with Crippen LogP contribution in [0.15, 0.2) is 12.1 Å². The molecule has 0 radical (unpaired) electrons. The standard InChI is InChI=1S/C12H18FNO2/c1-7-5-9(10(13)6-8(7)2)12(16)11(14)3-4-15/h5-6,11-12,15-16H,3-4,14H2,1-2H3. The fraction of sp³-hybridized carbons (Fsp3) is 0.500. The smallest absolute Gasteiger partial charge is 0.129 e. The molecule has 1 aromatic rings. The van der Waals surface area contributed by atoms with Crippen LogP contribution in [0.3, 0.4) is 0 Å². The maximum absolute atomic E-state index is 13.6. The molecule has 0 heterocycles. The molecule has 0 bridgehead atoms. The molecule has 0 saturated carbocycles. The molecule has 4 heteroatoms. The summed E-state index contributed by atoms with van der Waals surface area (Å²) in [6.07, 6.45) is -0.834. The molecule has 0 fully saturated rings. The van der Waals surface area contributed by atoms with Crippen LogP contribution >= 0.6 is 0 Å². The second-order valence-corrected chi connectivity index (χ2v) is 4.08. The predicted molar refractivity (Wildman–Crippen MR) is 60.5 cm³/mol. The van der Waals surface area contributed by atoms with Crippen molar-refractivity contribution in [2.75, 3.05) is 6.61 Å². The number of benzene rings is 1. The molecule has 0 spiro atoms. The van der Waals surface area contributed by atoms with E-state index in [2.05, 4.69) is 0 Å². The third kappa shape index (κ3) is 2.78. The summed E-state index contributed by atoms with van der Waals surface area (Å²) in [5.41, 5.74) is 7.58. The molecule has 0 saturated heterocycles. The molecule has 0 amide bonds. The van der Waals surface area contributed by atoms with Gasteiger partial charge in [-0.3, -0.25) is 0 Å². The van der Waals surface area contributed by atoms with E-state index < -0.39 is 18.0 Å². The maximum atomic E-state index is 13.6. The zero-order chi connectivity index (χ0) is 12.3. The van der Waals surface area contributed by atoms with E-state index in [9.17, 15) is 9.50 Å². The molecule has 0 aliphatic heterocycles. The second-order valence-electron chi connectivity index (χ2n) is 4.08. The number of aryl methyl sites for hydroxylation is 2. The summed E-state index contributed by atoms with van der Waals surface area (Å²) in [6, 6.07) is 2.34. The lowest BCUT2D eigenvalue weighted by molar-refractivity contribution is 0.125. The molecule has 0 aliphatic carbocycles. The van der Waals surface area contributed by atoms with Crippen molar-refractivity contribution in [3.05, 3.63) is 34.6 Å². The third-order valence-electron chi connectivity index (χ3n) is 2.80. The van der Waals surface area contributed by atoms with Crippen molar-refractivity contribution < 1.29 is 14.6 Å². The lowest BCUT2D eigenvalue weighted by Gasteiger charge is -2.19. The van der Waals surface area contributed by atoms with Gasteiger partial charge in [-0.15, -0.1) is 0 Å². The summed E-state index contributed by atoms with van der Waals surface area (Å²) < 4.78 is 13.6. The highest BCUT2D eigenvalue weighted by molar-refractivity contribution is 5.33. The number of halogens is 1. The number of hydrogen-bond acceptors (Lipinski definition) is 3. The Labute approximate surface area is 94.7 Å². The zero-order valence-electron chi connectivity index (χ0n) is 9.57. The van der Waals surface area contributed by atoms with Crippen LogP contribution in [-0.2, 0) is 0 Å². The molecular weight excluding hydrogens is 209 g/mol. The van der Waals surface area contributed by atoms with E-state index in [1.54, 1.807) is 6.07 Å². The summed E-state index contributed by atoms with van der Waals surface area (Å²) in [6.45, 7) is 3.54. The van der Waals surface area contributed by atoms with E-state index in [0.717, 1.165) is 11.1 Å². The van der Waals surface area contributed by atoms with Crippen molar-refractivity contribution in [1.29, 1.82) is 0 Å². The second kappa shape index (κ2) is 5.39. The van der Waals surface area contributed by atoms with E-state index in [-0.39, 0.29) is 18.6 Å². The van der Waals surface area contributed by atoms with Gasteiger partial charge in [-0.1, -0.05) is 6.07 Å². The Morgan fingerprint density at radius 2 is 1.88 bits per heavy atom. The Hall–Kier alpha value is -0.970. The van der Waals surface area contributed by atoms with Gasteiger partial charge in [-0.25, -0.2) is 4.39 Å². The van der Waals surface area contributed by atoms with Crippen molar-refractivity contribution in [1.82, 2.24) is 0 Å². The third-order valence-corrected chi connectivity index (χ3v) is 2.80. The topological polar surface area (TPSA) is 66.5 Å². The highest BCUT2D eigenvalue weighted by Gasteiger charge is 2.20. The van der Waals surface area contributed by atoms with E-state index in [0.29, 0.717) is 0 Å². The van der Waals surface area contributed by atoms with Crippen LogP contribution in [0.5, 0.6) is 0 Å². The van der Waals surface area contributed by atoms with Crippen molar-refractivity contribution in [3.63, 3.8) is 0 Å². The summed E-state index contributed by atoms with van der Waals surface area (Å²) in [4.78, 5) is 0. The molecule has 90 valence electrons. The Kier molecular flexibility index (Phi) is 4.41. The van der Waals surface area contributed by atoms with Gasteiger partial charge in [0.1, 0.15) is 5.82 Å². The van der Waals surface area contributed by atoms with Crippen LogP contribution in [0.25, 0.3) is 0 Å². The van der Waals surface area contributed by atoms with Gasteiger partial charge in [0, 0.05) is 18.2 Å². The minimum absolute atomic E-state index is 0.120. The summed E-state index contributed by atoms with van der Waals surface area (Å²) in [7, 11) is 0. The van der Waals surface area contributed by atoms with Crippen LogP contribution in [0, 0.1) is 19.7 Å². The molecule has 3 nitrogen and oxygen atoms in total. The fourth-order valence-electron chi connectivity index (χ4n) is 1.57. The first-order valence-corrected chi connectivity index (χ1v) is 5.28. The number of aliphatic hydroxyl groups is 2. The van der Waals surface area contributed by atoms with Crippen molar-refractivity contribution >= 4 is 0 Å². The van der Waals surface area contributed by atoms with Gasteiger partial charge < -0.3 is 15.9 Å². The van der Waals surface area contributed by atoms with Gasteiger partial charge in [0.2, 0.25) is 0 Å². The molecule has 0 aliphatic rings. The monoisotopic (exact) mass is 227 g/mol. The van der Waals surface area contributed by atoms with Crippen molar-refractivity contribution in [2.24, 2.45) is 5.73 Å². The Morgan fingerprint density at radius 1 is 1.31 bits per heavy atom. The Bertz CT molecular complexity index is 368. The molecule has 0 aromatic heterocycles. The highest BCUT2D eigenvalue weighted by atomic mass is 19.1. The molecule has 4 N–H and O–H groups in total. The first-order valence-electron chi connectivity index (χ1n) is 5.28. The number of aliphatic hydroxyl groups excluding tert-OH is 2. The Balaban J connectivity index is 2.99. The average Bonchev–Trinajstić information content (AvgIpc) is 2.23. The fourth-order valence-corrected chi connectivity index (χ4v) is 1.57. The van der Waals surface area contributed by atoms with E-state index in [1.165, 1.54) is 6.07 Å². The van der Waals surface area contributed by atoms with Crippen LogP contribution in [-0.4, -0.2) is 22.9 Å². The molecule has 16 heavy (non-hydrogen) atoms. The van der Waals surface area contributed by atoms with Crippen LogP contribution in [0.1, 0.15) is 29.2 Å². The largest absolute Gasteiger partial charge is 0.396 e. The summed E-state index contributed by atoms with van der Waals surface area (Å²) in [5.74, 6) is -0.455. The normalized spacial score (nSPS) is 14.9. The Morgan fingerprint density at radius 3 is 2.44 bits per heavy atom. The maximum Gasteiger partial charge on any atom is 0.129 e. The van der Waals surface area contributed by atoms with Gasteiger partial charge in [0.25, 0.3) is 0 Å². The molecule has 1 rings (SSSR count). The number of rotatable bonds is 4. The van der Waals surface area contributed by atoms with Crippen LogP contribution in [0.4, 0.5) is 4.39 Å². The summed E-state index contributed by atoms with van der Waals surface area (Å²) in [5, 5.41) is 18.6. The first kappa shape index (κ1) is 13.1. The molecule has 1 aromatic carbocycles. The minimum Gasteiger partial charge on any atom is -0.396 e. The molecular formula is C12H18FNO2. The van der Waals surface area contributed by atoms with Gasteiger partial charge >= 0.3 is 0 Å². The average molecular weight is 227 g/mol. The van der Waals surface area contributed by atoms with Crippen molar-refractivity contribution in [2.45, 2.75) is 32.4 Å². The van der Waals surface area contributed by atoms with E-state index in [1.807, 2.05) is 13.8 Å². The van der Waals surface area contributed by atoms with E-state index >= 15 is 0 Å². The SMILES string of the molecule is Cc1cc(F)c(C(O)C(N)CCO)cc1C. The van der Waals surface area contributed by atoms with Gasteiger partial charge in [-0.05, 0) is 37.5 Å².